The average molecular weight is 234 g/mol. The summed E-state index contributed by atoms with van der Waals surface area (Å²) in [5.74, 6) is 0.211. The van der Waals surface area contributed by atoms with Crippen LogP contribution in [-0.4, -0.2) is 10.1 Å². The van der Waals surface area contributed by atoms with E-state index in [1.807, 2.05) is 0 Å². The van der Waals surface area contributed by atoms with E-state index in [0.29, 0.717) is 0 Å². The Morgan fingerprint density at radius 1 is 1.50 bits per heavy atom. The van der Waals surface area contributed by atoms with Gasteiger partial charge in [-0.25, -0.2) is 0 Å². The van der Waals surface area contributed by atoms with Gasteiger partial charge in [-0.1, -0.05) is 0 Å². The van der Waals surface area contributed by atoms with Gasteiger partial charge in [0.15, 0.2) is 0 Å². The van der Waals surface area contributed by atoms with Crippen LogP contribution >= 0.6 is 0 Å². The SMILES string of the molecule is Oc1cccnc1.[La]. The summed E-state index contributed by atoms with van der Waals surface area (Å²) < 4.78 is 0. The van der Waals surface area contributed by atoms with Crippen molar-refractivity contribution < 1.29 is 40.7 Å². The van der Waals surface area contributed by atoms with Crippen LogP contribution in [0.2, 0.25) is 0 Å². The van der Waals surface area contributed by atoms with Gasteiger partial charge in [0.05, 0.1) is 6.20 Å². The summed E-state index contributed by atoms with van der Waals surface area (Å²) in [6.07, 6.45) is 3.00. The first-order valence-corrected chi connectivity index (χ1v) is 1.98. The van der Waals surface area contributed by atoms with Gasteiger partial charge in [0.2, 0.25) is 0 Å². The van der Waals surface area contributed by atoms with Crippen molar-refractivity contribution in [1.29, 1.82) is 0 Å². The molecule has 1 heterocycles. The monoisotopic (exact) mass is 234 g/mol. The van der Waals surface area contributed by atoms with E-state index in [0.717, 1.165) is 0 Å². The van der Waals surface area contributed by atoms with Gasteiger partial charge in [-0.15, -0.1) is 0 Å². The van der Waals surface area contributed by atoms with Crippen LogP contribution in [0.4, 0.5) is 0 Å². The molecule has 1 N–H and O–H groups in total. The van der Waals surface area contributed by atoms with E-state index in [1.54, 1.807) is 18.3 Å². The Balaban J connectivity index is 0.000000490. The summed E-state index contributed by atoms with van der Waals surface area (Å²) in [6, 6.07) is 3.25. The summed E-state index contributed by atoms with van der Waals surface area (Å²) >= 11 is 0. The van der Waals surface area contributed by atoms with Crippen LogP contribution in [0, 0.1) is 35.6 Å². The number of nitrogens with zero attached hydrogens (tertiary/aromatic N) is 1. The minimum absolute atomic E-state index is 0. The zero-order valence-corrected chi connectivity index (χ0v) is 7.91. The Morgan fingerprint density at radius 3 is 2.50 bits per heavy atom. The molecule has 0 unspecified atom stereocenters. The van der Waals surface area contributed by atoms with Crippen LogP contribution < -0.4 is 0 Å². The van der Waals surface area contributed by atoms with Gasteiger partial charge >= 0.3 is 0 Å². The van der Waals surface area contributed by atoms with Crippen LogP contribution in [0.3, 0.4) is 0 Å². The molecule has 1 radical (unpaired) electrons. The summed E-state index contributed by atoms with van der Waals surface area (Å²) in [6.45, 7) is 0. The van der Waals surface area contributed by atoms with Gasteiger partial charge in [0.1, 0.15) is 5.75 Å². The molecule has 8 heavy (non-hydrogen) atoms. The van der Waals surface area contributed by atoms with Crippen molar-refractivity contribution in [2.45, 2.75) is 0 Å². The zero-order chi connectivity index (χ0) is 5.11. The third-order valence-corrected chi connectivity index (χ3v) is 0.646. The summed E-state index contributed by atoms with van der Waals surface area (Å²) in [4.78, 5) is 3.63. The fraction of sp³-hybridized carbons (Fsp3) is 0. The van der Waals surface area contributed by atoms with Gasteiger partial charge in [0, 0.05) is 41.8 Å². The molecule has 2 nitrogen and oxygen atoms in total. The van der Waals surface area contributed by atoms with E-state index in [-0.39, 0.29) is 41.3 Å². The molecule has 0 aliphatic rings. The molecule has 0 amide bonds. The molecule has 0 atom stereocenters. The normalized spacial score (nSPS) is 7.50. The number of rotatable bonds is 0. The van der Waals surface area contributed by atoms with Gasteiger partial charge in [0.25, 0.3) is 0 Å². The van der Waals surface area contributed by atoms with Crippen LogP contribution in [0.5, 0.6) is 5.75 Å². The van der Waals surface area contributed by atoms with Gasteiger partial charge in [-0.3, -0.25) is 4.98 Å². The second-order valence-corrected chi connectivity index (χ2v) is 1.21. The van der Waals surface area contributed by atoms with Crippen molar-refractivity contribution in [3.05, 3.63) is 24.5 Å². The van der Waals surface area contributed by atoms with E-state index in [9.17, 15) is 0 Å². The van der Waals surface area contributed by atoms with E-state index < -0.39 is 0 Å². The molecule has 1 rings (SSSR count). The quantitative estimate of drug-likeness (QED) is 0.719. The van der Waals surface area contributed by atoms with Crippen LogP contribution in [0.25, 0.3) is 0 Å². The Bertz CT molecular complexity index is 142. The number of hydrogen-bond acceptors (Lipinski definition) is 2. The van der Waals surface area contributed by atoms with Crippen molar-refractivity contribution in [3.63, 3.8) is 0 Å². The Labute approximate surface area is 75.5 Å². The molecule has 0 saturated carbocycles. The van der Waals surface area contributed by atoms with Crippen molar-refractivity contribution >= 4 is 0 Å². The van der Waals surface area contributed by atoms with Gasteiger partial charge < -0.3 is 5.11 Å². The maximum Gasteiger partial charge on any atom is 0.133 e. The Morgan fingerprint density at radius 2 is 2.25 bits per heavy atom. The molecule has 0 aromatic carbocycles. The standard InChI is InChI=1S/C5H5NO.La/c7-5-2-1-3-6-4-5;/h1-4,7H;. The molecule has 0 aliphatic heterocycles. The van der Waals surface area contributed by atoms with Crippen LogP contribution in [0.15, 0.2) is 24.5 Å². The molecule has 3 heteroatoms. The zero-order valence-electron chi connectivity index (χ0n) is 4.28. The first-order chi connectivity index (χ1) is 3.39. The third-order valence-electron chi connectivity index (χ3n) is 0.646. The molecule has 39 valence electrons. The minimum atomic E-state index is 0. The van der Waals surface area contributed by atoms with E-state index in [2.05, 4.69) is 4.98 Å². The second-order valence-electron chi connectivity index (χ2n) is 1.21. The van der Waals surface area contributed by atoms with Crippen LogP contribution in [0.1, 0.15) is 0 Å². The largest absolute Gasteiger partial charge is 0.506 e. The van der Waals surface area contributed by atoms with Crippen LogP contribution in [-0.2, 0) is 0 Å². The van der Waals surface area contributed by atoms with Gasteiger partial charge in [-0.05, 0) is 12.1 Å². The second kappa shape index (κ2) is 4.07. The van der Waals surface area contributed by atoms with Crippen molar-refractivity contribution in [3.8, 4) is 5.75 Å². The molecule has 0 fully saturated rings. The molecule has 1 aromatic rings. The molecule has 0 saturated heterocycles. The summed E-state index contributed by atoms with van der Waals surface area (Å²) in [7, 11) is 0. The molecular weight excluding hydrogens is 229 g/mol. The Hall–Kier alpha value is 0.145. The Kier molecular flexibility index (Phi) is 4.14. The predicted octanol–water partition coefficient (Wildman–Crippen LogP) is 0.787. The smallest absolute Gasteiger partial charge is 0.133 e. The predicted molar refractivity (Wildman–Crippen MR) is 25.9 cm³/mol. The molecule has 0 aliphatic carbocycles. The minimum Gasteiger partial charge on any atom is -0.506 e. The topological polar surface area (TPSA) is 33.1 Å². The number of hydrogen-bond donors (Lipinski definition) is 1. The van der Waals surface area contributed by atoms with E-state index >= 15 is 0 Å². The fourth-order valence-electron chi connectivity index (χ4n) is 0.354. The first kappa shape index (κ1) is 8.14. The summed E-state index contributed by atoms with van der Waals surface area (Å²) in [5.41, 5.74) is 0. The van der Waals surface area contributed by atoms with Crippen molar-refractivity contribution in [1.82, 2.24) is 4.98 Å². The van der Waals surface area contributed by atoms with Crippen molar-refractivity contribution in [2.75, 3.05) is 0 Å². The molecule has 1 aromatic heterocycles. The number of pyridine rings is 1. The maximum atomic E-state index is 8.57. The fourth-order valence-corrected chi connectivity index (χ4v) is 0.354. The summed E-state index contributed by atoms with van der Waals surface area (Å²) in [5, 5.41) is 8.57. The number of aromatic nitrogens is 1. The molecule has 0 spiro atoms. The van der Waals surface area contributed by atoms with E-state index in [1.165, 1.54) is 6.20 Å². The number of aromatic hydroxyl groups is 1. The van der Waals surface area contributed by atoms with Gasteiger partial charge in [-0.2, -0.15) is 0 Å². The maximum absolute atomic E-state index is 8.57. The van der Waals surface area contributed by atoms with Crippen molar-refractivity contribution in [2.24, 2.45) is 0 Å². The first-order valence-electron chi connectivity index (χ1n) is 1.98. The average Bonchev–Trinajstić information content (AvgIpc) is 1.69. The molecule has 0 bridgehead atoms. The van der Waals surface area contributed by atoms with E-state index in [4.69, 9.17) is 5.11 Å². The third kappa shape index (κ3) is 2.45. The molecular formula is C5H5LaNO.